The summed E-state index contributed by atoms with van der Waals surface area (Å²) < 4.78 is 38.1. The molecule has 0 saturated carbocycles. The Morgan fingerprint density at radius 1 is 1.08 bits per heavy atom. The minimum Gasteiger partial charge on any atom is -0.504 e. The quantitative estimate of drug-likeness (QED) is 0.668. The zero-order chi connectivity index (χ0) is 18.2. The molecule has 0 aliphatic rings. The molecule has 2 aromatic carbocycles. The smallest absolute Gasteiger partial charge is 0.416 e. The van der Waals surface area contributed by atoms with E-state index in [1.54, 1.807) is 12.1 Å². The van der Waals surface area contributed by atoms with Gasteiger partial charge in [0.25, 0.3) is 0 Å². The Bertz CT molecular complexity index is 951. The number of pyridine rings is 1. The van der Waals surface area contributed by atoms with E-state index in [4.69, 9.17) is 0 Å². The molecule has 0 fully saturated rings. The number of carbonyl (C=O) groups is 1. The largest absolute Gasteiger partial charge is 0.504 e. The van der Waals surface area contributed by atoms with Crippen molar-refractivity contribution in [2.24, 2.45) is 0 Å². The molecular formula is C18H13F3N2O2. The Balaban J connectivity index is 2.11. The number of phenolic OH excluding ortho intramolecular Hbond substituents is 1. The molecule has 0 aliphatic carbocycles. The summed E-state index contributed by atoms with van der Waals surface area (Å²) in [5.74, 6) is -0.532. The number of anilines is 1. The van der Waals surface area contributed by atoms with Gasteiger partial charge in [-0.25, -0.2) is 0 Å². The van der Waals surface area contributed by atoms with Crippen LogP contribution in [0.3, 0.4) is 0 Å². The molecule has 0 atom stereocenters. The first-order chi connectivity index (χ1) is 11.8. The Morgan fingerprint density at radius 2 is 1.76 bits per heavy atom. The van der Waals surface area contributed by atoms with Gasteiger partial charge in [0.05, 0.1) is 11.3 Å². The molecule has 1 aromatic heterocycles. The van der Waals surface area contributed by atoms with E-state index in [0.29, 0.717) is 16.5 Å². The van der Waals surface area contributed by atoms with Crippen LogP contribution < -0.4 is 5.32 Å². The third kappa shape index (κ3) is 3.26. The summed E-state index contributed by atoms with van der Waals surface area (Å²) in [6.07, 6.45) is -2.95. The van der Waals surface area contributed by atoms with E-state index in [1.807, 2.05) is 0 Å². The summed E-state index contributed by atoms with van der Waals surface area (Å²) >= 11 is 0. The molecule has 3 aromatic rings. The van der Waals surface area contributed by atoms with Gasteiger partial charge in [-0.1, -0.05) is 12.1 Å². The first kappa shape index (κ1) is 16.8. The van der Waals surface area contributed by atoms with Crippen LogP contribution >= 0.6 is 0 Å². The summed E-state index contributed by atoms with van der Waals surface area (Å²) in [7, 11) is 0. The number of aromatic nitrogens is 1. The van der Waals surface area contributed by atoms with Gasteiger partial charge in [-0.2, -0.15) is 13.2 Å². The van der Waals surface area contributed by atoms with Crippen molar-refractivity contribution in [2.75, 3.05) is 5.32 Å². The maximum Gasteiger partial charge on any atom is 0.416 e. The van der Waals surface area contributed by atoms with Crippen LogP contribution in [0.25, 0.3) is 22.0 Å². The number of alkyl halides is 3. The molecule has 4 nitrogen and oxygen atoms in total. The molecule has 0 aliphatic heterocycles. The zero-order valence-electron chi connectivity index (χ0n) is 13.1. The molecule has 0 spiro atoms. The van der Waals surface area contributed by atoms with Gasteiger partial charge in [0, 0.05) is 18.5 Å². The van der Waals surface area contributed by atoms with Crippen molar-refractivity contribution >= 4 is 22.5 Å². The van der Waals surface area contributed by atoms with E-state index in [1.165, 1.54) is 31.3 Å². The predicted molar refractivity (Wildman–Crippen MR) is 88.1 cm³/mol. The Morgan fingerprint density at radius 3 is 2.36 bits per heavy atom. The lowest BCUT2D eigenvalue weighted by molar-refractivity contribution is -0.137. The van der Waals surface area contributed by atoms with Crippen LogP contribution in [0, 0.1) is 0 Å². The number of benzene rings is 2. The maximum absolute atomic E-state index is 12.7. The molecule has 0 radical (unpaired) electrons. The van der Waals surface area contributed by atoms with Gasteiger partial charge in [-0.05, 0) is 41.5 Å². The minimum absolute atomic E-state index is 0.193. The van der Waals surface area contributed by atoms with Gasteiger partial charge < -0.3 is 10.4 Å². The third-order valence-electron chi connectivity index (χ3n) is 3.72. The van der Waals surface area contributed by atoms with Crippen LogP contribution in [0.2, 0.25) is 0 Å². The van der Waals surface area contributed by atoms with Crippen LogP contribution in [0.1, 0.15) is 12.5 Å². The SMILES string of the molecule is CC(=O)Nc1ccc2c(-c3ccc(C(F)(F)F)cc3)ccnc2c1O. The normalized spacial score (nSPS) is 11.5. The second-order valence-corrected chi connectivity index (χ2v) is 5.47. The molecule has 0 saturated heterocycles. The van der Waals surface area contributed by atoms with E-state index in [2.05, 4.69) is 10.3 Å². The van der Waals surface area contributed by atoms with Crippen molar-refractivity contribution < 1.29 is 23.1 Å². The number of amides is 1. The molecule has 0 unspecified atom stereocenters. The van der Waals surface area contributed by atoms with Crippen molar-refractivity contribution in [1.29, 1.82) is 0 Å². The van der Waals surface area contributed by atoms with E-state index in [9.17, 15) is 23.1 Å². The number of carbonyl (C=O) groups excluding carboxylic acids is 1. The Kier molecular flexibility index (Phi) is 4.08. The summed E-state index contributed by atoms with van der Waals surface area (Å²) in [4.78, 5) is 15.3. The summed E-state index contributed by atoms with van der Waals surface area (Å²) in [5, 5.41) is 13.4. The molecular weight excluding hydrogens is 333 g/mol. The highest BCUT2D eigenvalue weighted by Gasteiger charge is 2.30. The second-order valence-electron chi connectivity index (χ2n) is 5.47. The topological polar surface area (TPSA) is 62.2 Å². The van der Waals surface area contributed by atoms with Gasteiger partial charge in [0.15, 0.2) is 5.75 Å². The number of nitrogens with zero attached hydrogens (tertiary/aromatic N) is 1. The molecule has 128 valence electrons. The van der Waals surface area contributed by atoms with Crippen LogP contribution in [0.5, 0.6) is 5.75 Å². The number of hydrogen-bond donors (Lipinski definition) is 2. The van der Waals surface area contributed by atoms with Crippen LogP contribution in [-0.4, -0.2) is 16.0 Å². The number of rotatable bonds is 2. The molecule has 1 heterocycles. The van der Waals surface area contributed by atoms with Gasteiger partial charge in [0.2, 0.25) is 5.91 Å². The molecule has 7 heteroatoms. The fourth-order valence-electron chi connectivity index (χ4n) is 2.58. The number of fused-ring (bicyclic) bond motifs is 1. The monoisotopic (exact) mass is 346 g/mol. The van der Waals surface area contributed by atoms with Gasteiger partial charge in [-0.15, -0.1) is 0 Å². The van der Waals surface area contributed by atoms with Crippen molar-refractivity contribution in [1.82, 2.24) is 4.98 Å². The van der Waals surface area contributed by atoms with Crippen molar-refractivity contribution in [3.8, 4) is 16.9 Å². The number of hydrogen-bond acceptors (Lipinski definition) is 3. The standard InChI is InChI=1S/C18H13F3N2O2/c1-10(24)23-15-7-6-14-13(8-9-22-16(14)17(15)25)11-2-4-12(5-3-11)18(19,20)21/h2-9,25H,1H3,(H,23,24). The fourth-order valence-corrected chi connectivity index (χ4v) is 2.58. The minimum atomic E-state index is -4.40. The summed E-state index contributed by atoms with van der Waals surface area (Å²) in [5.41, 5.74) is 0.932. The molecule has 0 bridgehead atoms. The van der Waals surface area contributed by atoms with Gasteiger partial charge >= 0.3 is 6.18 Å². The molecule has 3 rings (SSSR count). The predicted octanol–water partition coefficient (Wildman–Crippen LogP) is 4.58. The third-order valence-corrected chi connectivity index (χ3v) is 3.72. The zero-order valence-corrected chi connectivity index (χ0v) is 13.1. The highest BCUT2D eigenvalue weighted by Crippen LogP contribution is 2.37. The highest BCUT2D eigenvalue weighted by molar-refractivity contribution is 6.02. The number of phenols is 1. The lowest BCUT2D eigenvalue weighted by atomic mass is 9.99. The summed E-state index contributed by atoms with van der Waals surface area (Å²) in [6.45, 7) is 1.32. The molecule has 1 amide bonds. The van der Waals surface area contributed by atoms with Crippen LogP contribution in [0.15, 0.2) is 48.7 Å². The number of aromatic hydroxyl groups is 1. The lowest BCUT2D eigenvalue weighted by Crippen LogP contribution is -2.06. The summed E-state index contributed by atoms with van der Waals surface area (Å²) in [6, 6.07) is 9.59. The molecule has 2 N–H and O–H groups in total. The average molecular weight is 346 g/mol. The average Bonchev–Trinajstić information content (AvgIpc) is 2.56. The number of nitrogens with one attached hydrogen (secondary N) is 1. The van der Waals surface area contributed by atoms with Gasteiger partial charge in [0.1, 0.15) is 5.52 Å². The van der Waals surface area contributed by atoms with Crippen LogP contribution in [-0.2, 0) is 11.0 Å². The molecule has 25 heavy (non-hydrogen) atoms. The Hall–Kier alpha value is -3.09. The first-order valence-corrected chi connectivity index (χ1v) is 7.33. The van der Waals surface area contributed by atoms with E-state index >= 15 is 0 Å². The van der Waals surface area contributed by atoms with Crippen molar-refractivity contribution in [2.45, 2.75) is 13.1 Å². The van der Waals surface area contributed by atoms with E-state index in [-0.39, 0.29) is 22.9 Å². The van der Waals surface area contributed by atoms with E-state index in [0.717, 1.165) is 12.1 Å². The lowest BCUT2D eigenvalue weighted by Gasteiger charge is -2.12. The second kappa shape index (κ2) is 6.08. The van der Waals surface area contributed by atoms with Crippen LogP contribution in [0.4, 0.5) is 18.9 Å². The van der Waals surface area contributed by atoms with Gasteiger partial charge in [-0.3, -0.25) is 9.78 Å². The van der Waals surface area contributed by atoms with E-state index < -0.39 is 11.7 Å². The number of halogens is 3. The van der Waals surface area contributed by atoms with Crippen molar-refractivity contribution in [3.05, 3.63) is 54.2 Å². The first-order valence-electron chi connectivity index (χ1n) is 7.33. The highest BCUT2D eigenvalue weighted by atomic mass is 19.4. The fraction of sp³-hybridized carbons (Fsp3) is 0.111. The maximum atomic E-state index is 12.7. The van der Waals surface area contributed by atoms with Crippen molar-refractivity contribution in [3.63, 3.8) is 0 Å². The Labute approximate surface area is 140 Å².